The molecule has 0 amide bonds. The Balaban J connectivity index is 5.14. The standard InChI is InChI=1S/C9H18F3OP/c1-6-7(2,3)8(10,11)9(12,13)14(4)5/h13H,6H2,1-5H3. The first-order valence-corrected chi connectivity index (χ1v) is 6.71. The predicted octanol–water partition coefficient (Wildman–Crippen LogP) is 3.42. The van der Waals surface area contributed by atoms with Crippen molar-refractivity contribution in [2.75, 3.05) is 13.3 Å². The molecule has 0 aliphatic heterocycles. The van der Waals surface area contributed by atoms with E-state index in [0.29, 0.717) is 0 Å². The molecule has 0 aromatic carbocycles. The summed E-state index contributed by atoms with van der Waals surface area (Å²) in [4.78, 5) is 0. The molecule has 5 heteroatoms. The highest BCUT2D eigenvalue weighted by molar-refractivity contribution is 7.57. The van der Waals surface area contributed by atoms with Gasteiger partial charge >= 0.3 is 5.92 Å². The molecule has 0 fully saturated rings. The van der Waals surface area contributed by atoms with Crippen molar-refractivity contribution in [2.45, 2.75) is 38.7 Å². The number of aliphatic hydroxyl groups is 1. The second-order valence-electron chi connectivity index (χ2n) is 4.29. The van der Waals surface area contributed by atoms with Crippen LogP contribution < -0.4 is 0 Å². The van der Waals surface area contributed by atoms with Crippen LogP contribution in [0.3, 0.4) is 0 Å². The lowest BCUT2D eigenvalue weighted by molar-refractivity contribution is -0.250. The highest BCUT2D eigenvalue weighted by atomic mass is 31.1. The SMILES string of the molecule is CCC(C)(C)C(F)(F)C(O)(F)P(C)C. The van der Waals surface area contributed by atoms with Gasteiger partial charge in [0.05, 0.1) is 0 Å². The first-order chi connectivity index (χ1) is 6.00. The van der Waals surface area contributed by atoms with Gasteiger partial charge in [-0.1, -0.05) is 20.8 Å². The normalized spacial score (nSPS) is 18.4. The summed E-state index contributed by atoms with van der Waals surface area (Å²) in [6.45, 7) is 6.67. The van der Waals surface area contributed by atoms with Crippen LogP contribution in [0, 0.1) is 5.41 Å². The Bertz CT molecular complexity index is 202. The van der Waals surface area contributed by atoms with E-state index in [9.17, 15) is 18.3 Å². The van der Waals surface area contributed by atoms with Gasteiger partial charge in [0.2, 0.25) is 0 Å². The quantitative estimate of drug-likeness (QED) is 0.734. The molecule has 1 N–H and O–H groups in total. The minimum Gasteiger partial charge on any atom is -0.354 e. The zero-order valence-electron chi connectivity index (χ0n) is 9.24. The van der Waals surface area contributed by atoms with Crippen LogP contribution in [0.1, 0.15) is 27.2 Å². The summed E-state index contributed by atoms with van der Waals surface area (Å²) in [5.74, 6) is -3.72. The van der Waals surface area contributed by atoms with Crippen LogP contribution in [0.2, 0.25) is 0 Å². The van der Waals surface area contributed by atoms with Gasteiger partial charge in [-0.2, -0.15) is 8.78 Å². The number of rotatable bonds is 4. The molecule has 0 aromatic rings. The molecule has 0 saturated carbocycles. The lowest BCUT2D eigenvalue weighted by Gasteiger charge is -2.41. The fourth-order valence-electron chi connectivity index (χ4n) is 0.933. The number of hydrogen-bond acceptors (Lipinski definition) is 1. The molecule has 86 valence electrons. The summed E-state index contributed by atoms with van der Waals surface area (Å²) in [7, 11) is -1.76. The minimum absolute atomic E-state index is 0.107. The summed E-state index contributed by atoms with van der Waals surface area (Å²) in [5.41, 5.74) is -4.93. The van der Waals surface area contributed by atoms with Gasteiger partial charge in [-0.15, -0.1) is 0 Å². The van der Waals surface area contributed by atoms with Gasteiger partial charge in [0.25, 0.3) is 5.60 Å². The number of hydrogen-bond donors (Lipinski definition) is 1. The smallest absolute Gasteiger partial charge is 0.314 e. The highest BCUT2D eigenvalue weighted by Gasteiger charge is 2.63. The van der Waals surface area contributed by atoms with Crippen molar-refractivity contribution >= 4 is 7.92 Å². The van der Waals surface area contributed by atoms with Crippen LogP contribution in [0.5, 0.6) is 0 Å². The third kappa shape index (κ3) is 2.06. The minimum atomic E-state index is -3.72. The molecular weight excluding hydrogens is 212 g/mol. The zero-order valence-corrected chi connectivity index (χ0v) is 10.1. The van der Waals surface area contributed by atoms with E-state index in [1.54, 1.807) is 6.92 Å². The molecule has 1 unspecified atom stereocenters. The molecule has 0 heterocycles. The van der Waals surface area contributed by atoms with Gasteiger partial charge in [-0.25, -0.2) is 4.39 Å². The number of alkyl halides is 3. The molecule has 0 spiro atoms. The van der Waals surface area contributed by atoms with Crippen molar-refractivity contribution < 1.29 is 18.3 Å². The fourth-order valence-corrected chi connectivity index (χ4v) is 1.80. The van der Waals surface area contributed by atoms with Crippen molar-refractivity contribution in [3.05, 3.63) is 0 Å². The van der Waals surface area contributed by atoms with E-state index in [-0.39, 0.29) is 6.42 Å². The third-order valence-electron chi connectivity index (χ3n) is 2.73. The fraction of sp³-hybridized carbons (Fsp3) is 1.00. The van der Waals surface area contributed by atoms with Gasteiger partial charge in [0.1, 0.15) is 0 Å². The van der Waals surface area contributed by atoms with E-state index in [0.717, 1.165) is 0 Å². The summed E-state index contributed by atoms with van der Waals surface area (Å²) >= 11 is 0. The third-order valence-corrected chi connectivity index (χ3v) is 4.19. The van der Waals surface area contributed by atoms with E-state index in [1.165, 1.54) is 27.2 Å². The Kier molecular flexibility index (Phi) is 4.03. The number of halogens is 3. The van der Waals surface area contributed by atoms with E-state index in [1.807, 2.05) is 0 Å². The Labute approximate surface area is 84.4 Å². The average molecular weight is 230 g/mol. The summed E-state index contributed by atoms with van der Waals surface area (Å²) in [5, 5.41) is 9.20. The van der Waals surface area contributed by atoms with Crippen LogP contribution in [-0.2, 0) is 0 Å². The zero-order chi connectivity index (χ0) is 11.8. The van der Waals surface area contributed by atoms with E-state index < -0.39 is 24.9 Å². The second-order valence-corrected chi connectivity index (χ2v) is 6.67. The Hall–Kier alpha value is 0.180. The van der Waals surface area contributed by atoms with Gasteiger partial charge in [-0.05, 0) is 27.7 Å². The highest BCUT2D eigenvalue weighted by Crippen LogP contribution is 2.58. The topological polar surface area (TPSA) is 20.2 Å². The predicted molar refractivity (Wildman–Crippen MR) is 53.8 cm³/mol. The molecule has 0 aliphatic rings. The largest absolute Gasteiger partial charge is 0.354 e. The van der Waals surface area contributed by atoms with E-state index >= 15 is 0 Å². The van der Waals surface area contributed by atoms with Gasteiger partial charge in [0, 0.05) is 5.41 Å². The Morgan fingerprint density at radius 3 is 1.71 bits per heavy atom. The Morgan fingerprint density at radius 2 is 1.50 bits per heavy atom. The molecular formula is C9H18F3OP. The van der Waals surface area contributed by atoms with Gasteiger partial charge in [0.15, 0.2) is 0 Å². The lowest BCUT2D eigenvalue weighted by Crippen LogP contribution is -2.52. The van der Waals surface area contributed by atoms with Crippen LogP contribution >= 0.6 is 7.92 Å². The van der Waals surface area contributed by atoms with Crippen molar-refractivity contribution in [1.29, 1.82) is 0 Å². The Morgan fingerprint density at radius 1 is 1.14 bits per heavy atom. The molecule has 14 heavy (non-hydrogen) atoms. The summed E-state index contributed by atoms with van der Waals surface area (Å²) in [6.07, 6.45) is 0.107. The molecule has 0 rings (SSSR count). The maximum Gasteiger partial charge on any atom is 0.314 e. The maximum atomic E-state index is 13.6. The van der Waals surface area contributed by atoms with Gasteiger partial charge < -0.3 is 5.11 Å². The molecule has 0 radical (unpaired) electrons. The molecule has 0 saturated heterocycles. The summed E-state index contributed by atoms with van der Waals surface area (Å²) < 4.78 is 40.8. The van der Waals surface area contributed by atoms with Gasteiger partial charge in [-0.3, -0.25) is 0 Å². The first-order valence-electron chi connectivity index (χ1n) is 4.47. The second kappa shape index (κ2) is 3.97. The molecule has 1 atom stereocenters. The summed E-state index contributed by atoms with van der Waals surface area (Å²) in [6, 6.07) is 0. The van der Waals surface area contributed by atoms with Crippen molar-refractivity contribution in [3.8, 4) is 0 Å². The van der Waals surface area contributed by atoms with Crippen molar-refractivity contribution in [1.82, 2.24) is 0 Å². The van der Waals surface area contributed by atoms with Crippen LogP contribution in [0.15, 0.2) is 0 Å². The van der Waals surface area contributed by atoms with E-state index in [4.69, 9.17) is 0 Å². The molecule has 0 bridgehead atoms. The molecule has 0 aromatic heterocycles. The first kappa shape index (κ1) is 14.2. The molecule has 1 nitrogen and oxygen atoms in total. The monoisotopic (exact) mass is 230 g/mol. The lowest BCUT2D eigenvalue weighted by atomic mass is 9.82. The van der Waals surface area contributed by atoms with Crippen molar-refractivity contribution in [2.24, 2.45) is 5.41 Å². The van der Waals surface area contributed by atoms with E-state index in [2.05, 4.69) is 0 Å². The maximum absolute atomic E-state index is 13.6. The van der Waals surface area contributed by atoms with Crippen molar-refractivity contribution in [3.63, 3.8) is 0 Å². The van der Waals surface area contributed by atoms with Crippen LogP contribution in [0.25, 0.3) is 0 Å². The average Bonchev–Trinajstić information content (AvgIpc) is 2.03. The molecule has 0 aliphatic carbocycles. The van der Waals surface area contributed by atoms with Crippen LogP contribution in [-0.4, -0.2) is 30.0 Å². The van der Waals surface area contributed by atoms with Crippen LogP contribution in [0.4, 0.5) is 13.2 Å².